The van der Waals surface area contributed by atoms with Gasteiger partial charge in [0.1, 0.15) is 0 Å². The maximum Gasteiger partial charge on any atom is 0.254 e. The van der Waals surface area contributed by atoms with Crippen LogP contribution in [0.5, 0.6) is 0 Å². The lowest BCUT2D eigenvalue weighted by molar-refractivity contribution is -0.00359. The molecular formula is C22H22F2N2O. The summed E-state index contributed by atoms with van der Waals surface area (Å²) in [6.45, 7) is 2.40. The van der Waals surface area contributed by atoms with Crippen LogP contribution in [0.15, 0.2) is 48.5 Å². The molecule has 140 valence electrons. The van der Waals surface area contributed by atoms with Crippen molar-refractivity contribution in [2.45, 2.75) is 30.8 Å². The number of benzene rings is 2. The normalized spacial score (nSPS) is 31.8. The highest BCUT2D eigenvalue weighted by Gasteiger charge is 2.55. The van der Waals surface area contributed by atoms with Crippen LogP contribution in [-0.2, 0) is 0 Å². The van der Waals surface area contributed by atoms with Gasteiger partial charge >= 0.3 is 0 Å². The van der Waals surface area contributed by atoms with E-state index in [1.54, 1.807) is 12.1 Å². The largest absolute Gasteiger partial charge is 0.333 e. The van der Waals surface area contributed by atoms with Gasteiger partial charge in [0.15, 0.2) is 11.6 Å². The Hall–Kier alpha value is -2.27. The Balaban J connectivity index is 1.56. The number of likely N-dealkylation sites (tertiary alicyclic amines) is 1. The van der Waals surface area contributed by atoms with E-state index in [1.165, 1.54) is 0 Å². The minimum Gasteiger partial charge on any atom is -0.333 e. The Morgan fingerprint density at radius 1 is 0.926 bits per heavy atom. The fourth-order valence-corrected chi connectivity index (χ4v) is 5.48. The zero-order valence-corrected chi connectivity index (χ0v) is 15.0. The number of carbonyl (C=O) groups excluding carboxylic acids is 1. The molecule has 5 heteroatoms. The lowest BCUT2D eigenvalue weighted by Gasteiger charge is -2.51. The molecule has 0 spiro atoms. The van der Waals surface area contributed by atoms with Gasteiger partial charge in [0, 0.05) is 24.1 Å². The molecule has 3 atom stereocenters. The van der Waals surface area contributed by atoms with Gasteiger partial charge in [-0.2, -0.15) is 0 Å². The molecule has 1 amide bonds. The highest BCUT2D eigenvalue weighted by atomic mass is 19.2. The maximum absolute atomic E-state index is 14.6. The van der Waals surface area contributed by atoms with Gasteiger partial charge in [-0.15, -0.1) is 0 Å². The lowest BCUT2D eigenvalue weighted by Crippen LogP contribution is -2.60. The summed E-state index contributed by atoms with van der Waals surface area (Å²) in [5, 5.41) is 0. The number of piperidine rings is 3. The third kappa shape index (κ3) is 2.59. The van der Waals surface area contributed by atoms with Gasteiger partial charge in [0.2, 0.25) is 0 Å². The fourth-order valence-electron chi connectivity index (χ4n) is 5.48. The van der Waals surface area contributed by atoms with E-state index in [-0.39, 0.29) is 23.9 Å². The topological polar surface area (TPSA) is 23.6 Å². The van der Waals surface area contributed by atoms with Gasteiger partial charge in [-0.05, 0) is 55.6 Å². The third-order valence-corrected chi connectivity index (χ3v) is 6.66. The second kappa shape index (κ2) is 6.41. The first kappa shape index (κ1) is 16.9. The number of hydrogen-bond acceptors (Lipinski definition) is 2. The predicted octanol–water partition coefficient (Wildman–Crippen LogP) is 3.67. The van der Waals surface area contributed by atoms with E-state index in [1.807, 2.05) is 35.2 Å². The number of hydrogen-bond donors (Lipinski definition) is 0. The lowest BCUT2D eigenvalue weighted by atomic mass is 9.75. The van der Waals surface area contributed by atoms with Crippen molar-refractivity contribution in [1.82, 2.24) is 9.80 Å². The van der Waals surface area contributed by atoms with E-state index in [9.17, 15) is 13.6 Å². The van der Waals surface area contributed by atoms with Gasteiger partial charge in [0.05, 0.1) is 6.04 Å². The predicted molar refractivity (Wildman–Crippen MR) is 98.5 cm³/mol. The molecule has 4 fully saturated rings. The van der Waals surface area contributed by atoms with Crippen molar-refractivity contribution in [3.63, 3.8) is 0 Å². The van der Waals surface area contributed by atoms with E-state index >= 15 is 0 Å². The molecule has 2 bridgehead atoms. The minimum atomic E-state index is -0.812. The number of amides is 1. The summed E-state index contributed by atoms with van der Waals surface area (Å²) in [5.74, 6) is -1.33. The van der Waals surface area contributed by atoms with E-state index in [0.717, 1.165) is 32.0 Å². The Labute approximate surface area is 157 Å². The molecule has 0 unspecified atom stereocenters. The highest BCUT2D eigenvalue weighted by Crippen LogP contribution is 2.47. The van der Waals surface area contributed by atoms with Crippen LogP contribution >= 0.6 is 0 Å². The molecule has 0 aromatic heterocycles. The van der Waals surface area contributed by atoms with Crippen molar-refractivity contribution < 1.29 is 13.6 Å². The number of rotatable bonds is 2. The molecule has 27 heavy (non-hydrogen) atoms. The quantitative estimate of drug-likeness (QED) is 0.808. The molecule has 6 rings (SSSR count). The van der Waals surface area contributed by atoms with Crippen LogP contribution in [0, 0.1) is 17.6 Å². The fraction of sp³-hybridized carbons (Fsp3) is 0.409. The summed E-state index contributed by atoms with van der Waals surface area (Å²) in [6, 6.07) is 13.8. The Morgan fingerprint density at radius 2 is 1.67 bits per heavy atom. The molecule has 0 N–H and O–H groups in total. The number of halogens is 2. The smallest absolute Gasteiger partial charge is 0.254 e. The standard InChI is InChI=1S/C22H22F2N2O/c23-18-8-4-7-16(19(18)24)17-13-26(22(27)15-5-2-1-3-6-15)20-14-9-11-25(12-10-14)21(17)20/h1-8,14,17,20-21H,9-13H2/t17-,20-,21-/m1/s1. The first-order valence-electron chi connectivity index (χ1n) is 9.69. The Bertz CT molecular complexity index is 864. The summed E-state index contributed by atoms with van der Waals surface area (Å²) in [4.78, 5) is 17.6. The van der Waals surface area contributed by atoms with E-state index in [0.29, 0.717) is 23.6 Å². The second-order valence-electron chi connectivity index (χ2n) is 7.93. The van der Waals surface area contributed by atoms with Gasteiger partial charge < -0.3 is 4.90 Å². The van der Waals surface area contributed by atoms with Crippen molar-refractivity contribution in [3.05, 3.63) is 71.3 Å². The van der Waals surface area contributed by atoms with Crippen LogP contribution in [0.25, 0.3) is 0 Å². The molecule has 4 aliphatic rings. The zero-order chi connectivity index (χ0) is 18.5. The minimum absolute atomic E-state index is 0.00124. The van der Waals surface area contributed by atoms with E-state index in [2.05, 4.69) is 4.90 Å². The summed E-state index contributed by atoms with van der Waals surface area (Å²) in [6.07, 6.45) is 2.14. The molecule has 0 saturated carbocycles. The number of fused-ring (bicyclic) bond motifs is 2. The Kier molecular flexibility index (Phi) is 4.01. The van der Waals surface area contributed by atoms with Gasteiger partial charge in [-0.25, -0.2) is 8.78 Å². The van der Waals surface area contributed by atoms with Gasteiger partial charge in [-0.1, -0.05) is 30.3 Å². The van der Waals surface area contributed by atoms with E-state index < -0.39 is 11.6 Å². The average molecular weight is 368 g/mol. The van der Waals surface area contributed by atoms with Crippen LogP contribution in [0.3, 0.4) is 0 Å². The molecule has 2 aromatic rings. The maximum atomic E-state index is 14.6. The van der Waals surface area contributed by atoms with Crippen LogP contribution < -0.4 is 0 Å². The first-order chi connectivity index (χ1) is 13.1. The van der Waals surface area contributed by atoms with Crippen molar-refractivity contribution in [2.75, 3.05) is 19.6 Å². The Morgan fingerprint density at radius 3 is 2.41 bits per heavy atom. The average Bonchev–Trinajstić information content (AvgIpc) is 3.14. The zero-order valence-electron chi connectivity index (χ0n) is 15.0. The van der Waals surface area contributed by atoms with Crippen LogP contribution in [0.1, 0.15) is 34.7 Å². The van der Waals surface area contributed by atoms with Crippen molar-refractivity contribution in [3.8, 4) is 0 Å². The first-order valence-corrected chi connectivity index (χ1v) is 9.69. The summed E-state index contributed by atoms with van der Waals surface area (Å²) in [5.41, 5.74) is 1.06. The molecule has 4 aliphatic heterocycles. The van der Waals surface area contributed by atoms with Crippen molar-refractivity contribution in [1.29, 1.82) is 0 Å². The molecule has 0 radical (unpaired) electrons. The SMILES string of the molecule is O=C(c1ccccc1)N1C[C@H](c2cccc(F)c2F)[C@@H]2[C@H]1C1CCN2CC1. The number of carbonyl (C=O) groups is 1. The number of nitrogens with zero attached hydrogens (tertiary/aromatic N) is 2. The van der Waals surface area contributed by atoms with Gasteiger partial charge in [0.25, 0.3) is 5.91 Å². The molecule has 4 heterocycles. The monoisotopic (exact) mass is 368 g/mol. The van der Waals surface area contributed by atoms with Crippen molar-refractivity contribution in [2.24, 2.45) is 5.92 Å². The summed E-state index contributed by atoms with van der Waals surface area (Å²) < 4.78 is 28.5. The highest BCUT2D eigenvalue weighted by molar-refractivity contribution is 5.94. The van der Waals surface area contributed by atoms with Crippen LogP contribution in [-0.4, -0.2) is 47.4 Å². The van der Waals surface area contributed by atoms with Crippen LogP contribution in [0.4, 0.5) is 8.78 Å². The summed E-state index contributed by atoms with van der Waals surface area (Å²) in [7, 11) is 0. The van der Waals surface area contributed by atoms with Crippen LogP contribution in [0.2, 0.25) is 0 Å². The van der Waals surface area contributed by atoms with Crippen molar-refractivity contribution >= 4 is 5.91 Å². The van der Waals surface area contributed by atoms with E-state index in [4.69, 9.17) is 0 Å². The molecule has 0 aliphatic carbocycles. The molecule has 3 nitrogen and oxygen atoms in total. The second-order valence-corrected chi connectivity index (χ2v) is 7.93. The third-order valence-electron chi connectivity index (χ3n) is 6.66. The molecular weight excluding hydrogens is 346 g/mol. The molecule has 2 aromatic carbocycles. The van der Waals surface area contributed by atoms with Gasteiger partial charge in [-0.3, -0.25) is 9.69 Å². The summed E-state index contributed by atoms with van der Waals surface area (Å²) >= 11 is 0. The molecule has 4 saturated heterocycles.